The molecular weight excluding hydrogens is 262 g/mol. The molecule has 0 bridgehead atoms. The summed E-state index contributed by atoms with van der Waals surface area (Å²) in [6.07, 6.45) is 6.52. The number of fused-ring (bicyclic) bond motifs is 1. The molecule has 0 spiro atoms. The van der Waals surface area contributed by atoms with Crippen LogP contribution >= 0.6 is 11.3 Å². The quantitative estimate of drug-likeness (QED) is 0.741. The molecule has 8 heteroatoms. The van der Waals surface area contributed by atoms with Crippen LogP contribution in [0.15, 0.2) is 12.5 Å². The van der Waals surface area contributed by atoms with Crippen LogP contribution < -0.4 is 5.73 Å². The van der Waals surface area contributed by atoms with Gasteiger partial charge in [-0.25, -0.2) is 4.98 Å². The van der Waals surface area contributed by atoms with Gasteiger partial charge >= 0.3 is 0 Å². The van der Waals surface area contributed by atoms with E-state index in [1.54, 1.807) is 12.5 Å². The van der Waals surface area contributed by atoms with Crippen molar-refractivity contribution in [2.75, 3.05) is 0 Å². The van der Waals surface area contributed by atoms with E-state index in [-0.39, 0.29) is 6.04 Å². The van der Waals surface area contributed by atoms with E-state index in [1.165, 1.54) is 24.2 Å². The number of aromatic amines is 1. The lowest BCUT2D eigenvalue weighted by molar-refractivity contribution is 0.677. The van der Waals surface area contributed by atoms with Gasteiger partial charge in [0.25, 0.3) is 0 Å². The Morgan fingerprint density at radius 1 is 1.47 bits per heavy atom. The summed E-state index contributed by atoms with van der Waals surface area (Å²) >= 11 is 1.51. The molecule has 1 aliphatic carbocycles. The van der Waals surface area contributed by atoms with Crippen LogP contribution in [0.1, 0.15) is 41.3 Å². The number of imidazole rings is 1. The summed E-state index contributed by atoms with van der Waals surface area (Å²) in [5.41, 5.74) is 7.20. The lowest BCUT2D eigenvalue weighted by Gasteiger charge is -2.05. The molecule has 19 heavy (non-hydrogen) atoms. The number of aromatic nitrogens is 6. The number of rotatable bonds is 4. The van der Waals surface area contributed by atoms with Crippen molar-refractivity contribution >= 4 is 16.3 Å². The lowest BCUT2D eigenvalue weighted by atomic mass is 10.2. The normalized spacial score (nSPS) is 17.1. The van der Waals surface area contributed by atoms with Crippen molar-refractivity contribution in [3.05, 3.63) is 29.1 Å². The van der Waals surface area contributed by atoms with E-state index in [9.17, 15) is 0 Å². The Kier molecular flexibility index (Phi) is 2.39. The van der Waals surface area contributed by atoms with Gasteiger partial charge in [-0.2, -0.15) is 9.61 Å². The Labute approximate surface area is 112 Å². The maximum absolute atomic E-state index is 6.19. The highest BCUT2D eigenvalue weighted by atomic mass is 32.1. The Morgan fingerprint density at radius 2 is 2.37 bits per heavy atom. The van der Waals surface area contributed by atoms with Crippen LogP contribution in [0, 0.1) is 0 Å². The third-order valence-corrected chi connectivity index (χ3v) is 4.32. The zero-order valence-electron chi connectivity index (χ0n) is 10.2. The van der Waals surface area contributed by atoms with Crippen molar-refractivity contribution in [3.63, 3.8) is 0 Å². The Hall–Kier alpha value is -1.80. The van der Waals surface area contributed by atoms with E-state index in [0.717, 1.165) is 21.5 Å². The standard InChI is InChI=1S/C11H13N7S/c12-8(3-7-4-13-5-14-7)10-17-18-9(6-1-2-6)15-16-11(18)19-10/h4-6,8H,1-3,12H2,(H,13,14). The average molecular weight is 275 g/mol. The van der Waals surface area contributed by atoms with Crippen molar-refractivity contribution in [2.45, 2.75) is 31.2 Å². The van der Waals surface area contributed by atoms with Gasteiger partial charge in [-0.3, -0.25) is 0 Å². The molecular formula is C11H13N7S. The second-order valence-corrected chi connectivity index (χ2v) is 5.84. The zero-order valence-corrected chi connectivity index (χ0v) is 11.0. The van der Waals surface area contributed by atoms with Gasteiger partial charge in [0.15, 0.2) is 5.82 Å². The summed E-state index contributed by atoms with van der Waals surface area (Å²) in [5.74, 6) is 1.51. The third-order valence-electron chi connectivity index (χ3n) is 3.28. The molecule has 0 amide bonds. The maximum atomic E-state index is 6.19. The van der Waals surface area contributed by atoms with E-state index in [1.807, 2.05) is 4.52 Å². The summed E-state index contributed by atoms with van der Waals surface area (Å²) in [5, 5.41) is 13.8. The minimum atomic E-state index is -0.140. The Balaban J connectivity index is 1.63. The number of nitrogens with one attached hydrogen (secondary N) is 1. The third kappa shape index (κ3) is 1.92. The largest absolute Gasteiger partial charge is 0.348 e. The summed E-state index contributed by atoms with van der Waals surface area (Å²) in [6.45, 7) is 0. The van der Waals surface area contributed by atoms with Crippen molar-refractivity contribution in [3.8, 4) is 0 Å². The number of nitrogens with zero attached hydrogens (tertiary/aromatic N) is 5. The first-order valence-electron chi connectivity index (χ1n) is 6.26. The van der Waals surface area contributed by atoms with Crippen molar-refractivity contribution < 1.29 is 0 Å². The second kappa shape index (κ2) is 4.10. The summed E-state index contributed by atoms with van der Waals surface area (Å²) in [7, 11) is 0. The Bertz CT molecular complexity index is 694. The molecule has 1 saturated carbocycles. The lowest BCUT2D eigenvalue weighted by Crippen LogP contribution is -2.14. The van der Waals surface area contributed by atoms with Gasteiger partial charge in [-0.15, -0.1) is 10.2 Å². The van der Waals surface area contributed by atoms with E-state index < -0.39 is 0 Å². The summed E-state index contributed by atoms with van der Waals surface area (Å²) in [4.78, 5) is 7.88. The molecule has 98 valence electrons. The minimum absolute atomic E-state index is 0.140. The molecule has 4 rings (SSSR count). The van der Waals surface area contributed by atoms with E-state index in [4.69, 9.17) is 5.73 Å². The number of H-pyrrole nitrogens is 1. The van der Waals surface area contributed by atoms with Crippen LogP contribution in [0.4, 0.5) is 0 Å². The van der Waals surface area contributed by atoms with E-state index in [0.29, 0.717) is 12.3 Å². The highest BCUT2D eigenvalue weighted by Gasteiger charge is 2.30. The topological polar surface area (TPSA) is 97.8 Å². The average Bonchev–Trinajstić information content (AvgIpc) is 2.83. The van der Waals surface area contributed by atoms with Gasteiger partial charge in [0.2, 0.25) is 4.96 Å². The molecule has 3 N–H and O–H groups in total. The molecule has 1 unspecified atom stereocenters. The maximum Gasteiger partial charge on any atom is 0.234 e. The van der Waals surface area contributed by atoms with E-state index >= 15 is 0 Å². The predicted molar refractivity (Wildman–Crippen MR) is 69.9 cm³/mol. The fourth-order valence-electron chi connectivity index (χ4n) is 2.11. The van der Waals surface area contributed by atoms with Crippen LogP contribution in [0.25, 0.3) is 4.96 Å². The van der Waals surface area contributed by atoms with Crippen LogP contribution in [-0.4, -0.2) is 29.8 Å². The first-order chi connectivity index (χ1) is 9.31. The van der Waals surface area contributed by atoms with Gasteiger partial charge in [0.1, 0.15) is 5.01 Å². The molecule has 0 saturated heterocycles. The predicted octanol–water partition coefficient (Wildman–Crippen LogP) is 1.03. The van der Waals surface area contributed by atoms with Gasteiger partial charge in [-0.1, -0.05) is 11.3 Å². The number of nitrogens with two attached hydrogens (primary N) is 1. The first-order valence-corrected chi connectivity index (χ1v) is 7.08. The number of hydrogen-bond donors (Lipinski definition) is 2. The monoisotopic (exact) mass is 275 g/mol. The van der Waals surface area contributed by atoms with Crippen LogP contribution in [0.3, 0.4) is 0 Å². The Morgan fingerprint density at radius 3 is 3.11 bits per heavy atom. The molecule has 1 atom stereocenters. The molecule has 0 aromatic carbocycles. The number of hydrogen-bond acceptors (Lipinski definition) is 6. The van der Waals surface area contributed by atoms with Gasteiger partial charge in [-0.05, 0) is 12.8 Å². The van der Waals surface area contributed by atoms with Crippen molar-refractivity contribution in [1.82, 2.24) is 29.8 Å². The smallest absolute Gasteiger partial charge is 0.234 e. The highest BCUT2D eigenvalue weighted by molar-refractivity contribution is 7.16. The van der Waals surface area contributed by atoms with Crippen LogP contribution in [-0.2, 0) is 6.42 Å². The zero-order chi connectivity index (χ0) is 12.8. The summed E-state index contributed by atoms with van der Waals surface area (Å²) in [6, 6.07) is -0.140. The molecule has 1 aliphatic rings. The molecule has 3 aromatic rings. The molecule has 0 aliphatic heterocycles. The van der Waals surface area contributed by atoms with Gasteiger partial charge in [0, 0.05) is 24.2 Å². The minimum Gasteiger partial charge on any atom is -0.348 e. The van der Waals surface area contributed by atoms with Gasteiger partial charge < -0.3 is 10.7 Å². The SMILES string of the molecule is NC(Cc1cnc[nH]1)c1nn2c(C3CC3)nnc2s1. The first kappa shape index (κ1) is 11.1. The fraction of sp³-hybridized carbons (Fsp3) is 0.455. The highest BCUT2D eigenvalue weighted by Crippen LogP contribution is 2.39. The van der Waals surface area contributed by atoms with E-state index in [2.05, 4.69) is 25.3 Å². The van der Waals surface area contributed by atoms with Crippen molar-refractivity contribution in [2.24, 2.45) is 5.73 Å². The van der Waals surface area contributed by atoms with Gasteiger partial charge in [0.05, 0.1) is 12.4 Å². The molecule has 0 radical (unpaired) electrons. The second-order valence-electron chi connectivity index (χ2n) is 4.85. The summed E-state index contributed by atoms with van der Waals surface area (Å²) < 4.78 is 1.85. The van der Waals surface area contributed by atoms with Crippen LogP contribution in [0.5, 0.6) is 0 Å². The molecule has 1 fully saturated rings. The fourth-order valence-corrected chi connectivity index (χ4v) is 2.96. The molecule has 3 heterocycles. The molecule has 7 nitrogen and oxygen atoms in total. The van der Waals surface area contributed by atoms with Crippen LogP contribution in [0.2, 0.25) is 0 Å². The van der Waals surface area contributed by atoms with Crippen molar-refractivity contribution in [1.29, 1.82) is 0 Å². The molecule has 3 aromatic heterocycles.